The summed E-state index contributed by atoms with van der Waals surface area (Å²) in [5.74, 6) is -0.612. The molecule has 3 rings (SSSR count). The highest BCUT2D eigenvalue weighted by Gasteiger charge is 2.17. The molecule has 0 radical (unpaired) electrons. The number of hydrogen-bond acceptors (Lipinski definition) is 4. The van der Waals surface area contributed by atoms with Crippen molar-refractivity contribution >= 4 is 16.9 Å². The molecular weight excluding hydrogens is 377 g/mol. The number of aromatic amines is 1. The third kappa shape index (κ3) is 3.91. The molecule has 1 heterocycles. The summed E-state index contributed by atoms with van der Waals surface area (Å²) in [5, 5.41) is 0. The molecule has 0 atom stereocenters. The Balaban J connectivity index is 1.94. The minimum absolute atomic E-state index is 0.142. The zero-order chi connectivity index (χ0) is 21.1. The van der Waals surface area contributed by atoms with Crippen LogP contribution in [0.3, 0.4) is 0 Å². The number of nitrogens with one attached hydrogen (secondary N) is 1. The summed E-state index contributed by atoms with van der Waals surface area (Å²) in [6, 6.07) is 9.38. The number of aromatic nitrogens is 2. The first kappa shape index (κ1) is 20.3. The van der Waals surface area contributed by atoms with Gasteiger partial charge in [-0.3, -0.25) is 14.4 Å². The van der Waals surface area contributed by atoms with E-state index in [0.29, 0.717) is 35.2 Å². The van der Waals surface area contributed by atoms with E-state index in [4.69, 9.17) is 4.74 Å². The maximum atomic E-state index is 14.0. The molecule has 0 aliphatic carbocycles. The molecule has 2 aromatic carbocycles. The lowest BCUT2D eigenvalue weighted by Crippen LogP contribution is -2.36. The van der Waals surface area contributed by atoms with Gasteiger partial charge >= 0.3 is 11.1 Å². The van der Waals surface area contributed by atoms with Crippen molar-refractivity contribution in [1.29, 1.82) is 0 Å². The first-order chi connectivity index (χ1) is 13.9. The Hall–Kier alpha value is -3.42. The van der Waals surface area contributed by atoms with Crippen LogP contribution in [0.1, 0.15) is 29.8 Å². The summed E-state index contributed by atoms with van der Waals surface area (Å²) >= 11 is 0. The molecule has 0 spiro atoms. The van der Waals surface area contributed by atoms with Crippen molar-refractivity contribution in [2.75, 3.05) is 13.7 Å². The van der Waals surface area contributed by atoms with Gasteiger partial charge in [0, 0.05) is 25.2 Å². The molecule has 8 heteroatoms. The van der Waals surface area contributed by atoms with Gasteiger partial charge in [-0.2, -0.15) is 0 Å². The molecule has 0 bridgehead atoms. The Morgan fingerprint density at radius 3 is 2.55 bits per heavy atom. The molecule has 1 aromatic heterocycles. The van der Waals surface area contributed by atoms with Crippen LogP contribution in [0, 0.1) is 5.82 Å². The third-order valence-corrected chi connectivity index (χ3v) is 4.80. The molecule has 3 aromatic rings. The van der Waals surface area contributed by atoms with Gasteiger partial charge in [-0.15, -0.1) is 0 Å². The predicted octanol–water partition coefficient (Wildman–Crippen LogP) is 2.52. The van der Waals surface area contributed by atoms with Crippen molar-refractivity contribution in [3.63, 3.8) is 0 Å². The van der Waals surface area contributed by atoms with Gasteiger partial charge in [0.05, 0.1) is 18.1 Å². The summed E-state index contributed by atoms with van der Waals surface area (Å²) in [7, 11) is 1.39. The highest BCUT2D eigenvalue weighted by atomic mass is 19.1. The van der Waals surface area contributed by atoms with Gasteiger partial charge in [-0.05, 0) is 49.7 Å². The van der Waals surface area contributed by atoms with E-state index in [0.717, 1.165) is 0 Å². The molecule has 7 nitrogen and oxygen atoms in total. The highest BCUT2D eigenvalue weighted by molar-refractivity contribution is 5.97. The van der Waals surface area contributed by atoms with Gasteiger partial charge in [-0.1, -0.05) is 6.07 Å². The number of nitrogens with zero attached hydrogens (tertiary/aromatic N) is 2. The van der Waals surface area contributed by atoms with E-state index in [1.807, 2.05) is 6.92 Å². The normalized spacial score (nSPS) is 10.9. The zero-order valence-corrected chi connectivity index (χ0v) is 16.5. The van der Waals surface area contributed by atoms with Crippen molar-refractivity contribution in [2.45, 2.75) is 26.9 Å². The van der Waals surface area contributed by atoms with Crippen LogP contribution >= 0.6 is 0 Å². The second-order valence-corrected chi connectivity index (χ2v) is 6.52. The number of carbonyl (C=O) groups excluding carboxylic acids is 1. The lowest BCUT2D eigenvalue weighted by atomic mass is 10.1. The van der Waals surface area contributed by atoms with Gasteiger partial charge in [0.25, 0.3) is 5.91 Å². The number of H-pyrrole nitrogens is 1. The quantitative estimate of drug-likeness (QED) is 0.646. The molecule has 0 saturated heterocycles. The van der Waals surface area contributed by atoms with E-state index in [1.54, 1.807) is 36.1 Å². The molecule has 0 unspecified atom stereocenters. The van der Waals surface area contributed by atoms with Crippen molar-refractivity contribution < 1.29 is 13.9 Å². The molecule has 0 saturated carbocycles. The molecule has 0 aliphatic rings. The summed E-state index contributed by atoms with van der Waals surface area (Å²) in [5.41, 5.74) is 0.598. The summed E-state index contributed by atoms with van der Waals surface area (Å²) < 4.78 is 20.2. The van der Waals surface area contributed by atoms with E-state index in [9.17, 15) is 18.8 Å². The molecule has 1 amide bonds. The highest BCUT2D eigenvalue weighted by Crippen LogP contribution is 2.20. The second-order valence-electron chi connectivity index (χ2n) is 6.52. The third-order valence-electron chi connectivity index (χ3n) is 4.80. The Morgan fingerprint density at radius 1 is 1.17 bits per heavy atom. The number of rotatable bonds is 6. The predicted molar refractivity (Wildman–Crippen MR) is 108 cm³/mol. The first-order valence-corrected chi connectivity index (χ1v) is 9.28. The summed E-state index contributed by atoms with van der Waals surface area (Å²) in [4.78, 5) is 40.9. The van der Waals surface area contributed by atoms with Crippen LogP contribution in [-0.4, -0.2) is 34.0 Å². The fourth-order valence-electron chi connectivity index (χ4n) is 3.26. The lowest BCUT2D eigenvalue weighted by molar-refractivity contribution is 0.0752. The maximum Gasteiger partial charge on any atom is 0.316 e. The first-order valence-electron chi connectivity index (χ1n) is 9.28. The van der Waals surface area contributed by atoms with Crippen molar-refractivity contribution in [3.8, 4) is 5.75 Å². The molecule has 29 heavy (non-hydrogen) atoms. The average molecular weight is 399 g/mol. The number of amides is 1. The smallest absolute Gasteiger partial charge is 0.316 e. The van der Waals surface area contributed by atoms with Gasteiger partial charge in [0.15, 0.2) is 11.6 Å². The minimum Gasteiger partial charge on any atom is -0.494 e. The van der Waals surface area contributed by atoms with E-state index in [1.165, 1.54) is 23.8 Å². The van der Waals surface area contributed by atoms with Crippen LogP contribution in [0.2, 0.25) is 0 Å². The van der Waals surface area contributed by atoms with E-state index < -0.39 is 16.9 Å². The van der Waals surface area contributed by atoms with Gasteiger partial charge in [0.2, 0.25) is 0 Å². The molecule has 0 fully saturated rings. The molecular formula is C21H22FN3O4. The van der Waals surface area contributed by atoms with Crippen LogP contribution in [0.15, 0.2) is 46.0 Å². The van der Waals surface area contributed by atoms with Gasteiger partial charge in [0.1, 0.15) is 0 Å². The van der Waals surface area contributed by atoms with E-state index in [-0.39, 0.29) is 18.2 Å². The minimum atomic E-state index is -0.731. The fourth-order valence-corrected chi connectivity index (χ4v) is 3.26. The van der Waals surface area contributed by atoms with Gasteiger partial charge < -0.3 is 19.2 Å². The van der Waals surface area contributed by atoms with Crippen LogP contribution in [0.5, 0.6) is 5.75 Å². The average Bonchev–Trinajstić information content (AvgIpc) is 2.72. The van der Waals surface area contributed by atoms with Crippen LogP contribution in [0.4, 0.5) is 4.39 Å². The Morgan fingerprint density at radius 2 is 1.93 bits per heavy atom. The standard InChI is InChI=1S/C21H22FN3O4/c1-4-24(12-13-6-9-18(29-3)15(22)10-13)20(27)14-7-8-17-16(11-14)23-19(26)21(28)25(17)5-2/h6-11H,4-5,12H2,1-3H3,(H,23,26). The fraction of sp³-hybridized carbons (Fsp3) is 0.286. The number of ether oxygens (including phenoxy) is 1. The van der Waals surface area contributed by atoms with E-state index in [2.05, 4.69) is 4.98 Å². The number of aryl methyl sites for hydroxylation is 1. The van der Waals surface area contributed by atoms with Crippen molar-refractivity contribution in [2.24, 2.45) is 0 Å². The SMILES string of the molecule is CCN(Cc1ccc(OC)c(F)c1)C(=O)c1ccc2c(c1)[nH]c(=O)c(=O)n2CC. The van der Waals surface area contributed by atoms with E-state index >= 15 is 0 Å². The number of halogens is 1. The van der Waals surface area contributed by atoms with Crippen LogP contribution in [-0.2, 0) is 13.1 Å². The van der Waals surface area contributed by atoms with Crippen molar-refractivity contribution in [3.05, 3.63) is 74.0 Å². The molecule has 0 aliphatic heterocycles. The van der Waals surface area contributed by atoms with Crippen LogP contribution in [0.25, 0.3) is 11.0 Å². The molecule has 152 valence electrons. The number of hydrogen-bond donors (Lipinski definition) is 1. The topological polar surface area (TPSA) is 84.4 Å². The number of fused-ring (bicyclic) bond motifs is 1. The largest absolute Gasteiger partial charge is 0.494 e. The Kier molecular flexibility index (Phi) is 5.81. The Labute approximate surface area is 166 Å². The van der Waals surface area contributed by atoms with Crippen LogP contribution < -0.4 is 15.9 Å². The van der Waals surface area contributed by atoms with Gasteiger partial charge in [-0.25, -0.2) is 4.39 Å². The lowest BCUT2D eigenvalue weighted by Gasteiger charge is -2.21. The summed E-state index contributed by atoms with van der Waals surface area (Å²) in [6.07, 6.45) is 0. The zero-order valence-electron chi connectivity index (χ0n) is 16.5. The molecule has 1 N–H and O–H groups in total. The van der Waals surface area contributed by atoms with Crippen molar-refractivity contribution in [1.82, 2.24) is 14.5 Å². The number of benzene rings is 2. The maximum absolute atomic E-state index is 14.0. The number of methoxy groups -OCH3 is 1. The Bertz CT molecular complexity index is 1180. The monoisotopic (exact) mass is 399 g/mol. The number of carbonyl (C=O) groups is 1. The second kappa shape index (κ2) is 8.30. The summed E-state index contributed by atoms with van der Waals surface area (Å²) in [6.45, 7) is 4.58.